The highest BCUT2D eigenvalue weighted by atomic mass is 16.5. The molecule has 1 saturated carbocycles. The molecule has 5 heteroatoms. The molecule has 2 N–H and O–H groups in total. The summed E-state index contributed by atoms with van der Waals surface area (Å²) in [5, 5.41) is 6.61. The van der Waals surface area contributed by atoms with Crippen LogP contribution in [0.1, 0.15) is 37.8 Å². The van der Waals surface area contributed by atoms with E-state index in [-0.39, 0.29) is 6.10 Å². The van der Waals surface area contributed by atoms with Gasteiger partial charge >= 0.3 is 0 Å². The quantitative estimate of drug-likeness (QED) is 0.414. The Labute approximate surface area is 145 Å². The molecular formula is C19H31N3O2. The lowest BCUT2D eigenvalue weighted by Crippen LogP contribution is -2.38. The van der Waals surface area contributed by atoms with Gasteiger partial charge in [0, 0.05) is 32.3 Å². The first-order valence-corrected chi connectivity index (χ1v) is 8.87. The highest BCUT2D eigenvalue weighted by Gasteiger charge is 2.20. The molecule has 1 aliphatic carbocycles. The minimum absolute atomic E-state index is 0.159. The Hall–Kier alpha value is -1.75. The molecule has 0 radical (unpaired) electrons. The minimum atomic E-state index is 0.159. The highest BCUT2D eigenvalue weighted by Crippen LogP contribution is 2.28. The smallest absolute Gasteiger partial charge is 0.191 e. The third-order valence-corrected chi connectivity index (χ3v) is 3.84. The molecule has 0 atom stereocenters. The lowest BCUT2D eigenvalue weighted by atomic mass is 10.1. The molecule has 0 heterocycles. The zero-order chi connectivity index (χ0) is 17.4. The first kappa shape index (κ1) is 18.6. The molecule has 0 amide bonds. The fourth-order valence-electron chi connectivity index (χ4n) is 2.35. The van der Waals surface area contributed by atoms with E-state index in [2.05, 4.69) is 40.7 Å². The first-order valence-electron chi connectivity index (χ1n) is 8.87. The second kappa shape index (κ2) is 9.52. The third kappa shape index (κ3) is 6.79. The van der Waals surface area contributed by atoms with Gasteiger partial charge in [-0.05, 0) is 51.2 Å². The Bertz CT molecular complexity index is 539. The second-order valence-electron chi connectivity index (χ2n) is 6.65. The van der Waals surface area contributed by atoms with Gasteiger partial charge in [0.1, 0.15) is 5.75 Å². The van der Waals surface area contributed by atoms with Crippen LogP contribution in [0.15, 0.2) is 23.2 Å². The van der Waals surface area contributed by atoms with Crippen molar-refractivity contribution in [3.05, 3.63) is 29.3 Å². The summed E-state index contributed by atoms with van der Waals surface area (Å²) < 4.78 is 11.5. The standard InChI is InChI=1S/C19H31N3O2/c1-14(2)24-18-11-15(3)5-8-17(18)12-22-19(20-4)21-9-10-23-13-16-6-7-16/h5,8,11,14,16H,6-7,9-10,12-13H2,1-4H3,(H2,20,21,22). The van der Waals surface area contributed by atoms with Gasteiger partial charge in [-0.25, -0.2) is 0 Å². The van der Waals surface area contributed by atoms with Crippen molar-refractivity contribution >= 4 is 5.96 Å². The van der Waals surface area contributed by atoms with E-state index in [9.17, 15) is 0 Å². The highest BCUT2D eigenvalue weighted by molar-refractivity contribution is 5.79. The van der Waals surface area contributed by atoms with Gasteiger partial charge in [-0.2, -0.15) is 0 Å². The van der Waals surface area contributed by atoms with Crippen molar-refractivity contribution < 1.29 is 9.47 Å². The summed E-state index contributed by atoms with van der Waals surface area (Å²) in [6, 6.07) is 6.29. The molecule has 2 rings (SSSR count). The van der Waals surface area contributed by atoms with Crippen LogP contribution in [-0.2, 0) is 11.3 Å². The molecular weight excluding hydrogens is 302 g/mol. The molecule has 1 aromatic carbocycles. The number of guanidine groups is 1. The van der Waals surface area contributed by atoms with E-state index in [0.29, 0.717) is 13.2 Å². The van der Waals surface area contributed by atoms with Crippen molar-refractivity contribution in [1.82, 2.24) is 10.6 Å². The van der Waals surface area contributed by atoms with Crippen LogP contribution in [0.3, 0.4) is 0 Å². The van der Waals surface area contributed by atoms with E-state index in [1.165, 1.54) is 18.4 Å². The molecule has 1 aromatic rings. The summed E-state index contributed by atoms with van der Waals surface area (Å²) >= 11 is 0. The van der Waals surface area contributed by atoms with Crippen molar-refractivity contribution in [3.63, 3.8) is 0 Å². The molecule has 0 saturated heterocycles. The predicted molar refractivity (Wildman–Crippen MR) is 98.7 cm³/mol. The number of ether oxygens (including phenoxy) is 2. The van der Waals surface area contributed by atoms with E-state index in [1.54, 1.807) is 7.05 Å². The summed E-state index contributed by atoms with van der Waals surface area (Å²) in [4.78, 5) is 4.25. The average Bonchev–Trinajstić information content (AvgIpc) is 3.35. The lowest BCUT2D eigenvalue weighted by Gasteiger charge is -2.17. The summed E-state index contributed by atoms with van der Waals surface area (Å²) in [5.74, 6) is 2.52. The maximum absolute atomic E-state index is 5.91. The molecule has 24 heavy (non-hydrogen) atoms. The largest absolute Gasteiger partial charge is 0.491 e. The van der Waals surface area contributed by atoms with E-state index in [1.807, 2.05) is 13.8 Å². The van der Waals surface area contributed by atoms with Crippen molar-refractivity contribution in [2.45, 2.75) is 46.3 Å². The van der Waals surface area contributed by atoms with Crippen LogP contribution in [0, 0.1) is 12.8 Å². The summed E-state index contributed by atoms with van der Waals surface area (Å²) in [5.41, 5.74) is 2.33. The predicted octanol–water partition coefficient (Wildman–Crippen LogP) is 2.87. The molecule has 5 nitrogen and oxygen atoms in total. The van der Waals surface area contributed by atoms with E-state index >= 15 is 0 Å². The van der Waals surface area contributed by atoms with E-state index in [0.717, 1.165) is 36.3 Å². The van der Waals surface area contributed by atoms with Crippen molar-refractivity contribution in [2.75, 3.05) is 26.8 Å². The van der Waals surface area contributed by atoms with Gasteiger partial charge in [0.05, 0.1) is 12.7 Å². The Morgan fingerprint density at radius 1 is 1.29 bits per heavy atom. The van der Waals surface area contributed by atoms with Gasteiger partial charge in [0.25, 0.3) is 0 Å². The fraction of sp³-hybridized carbons (Fsp3) is 0.632. The van der Waals surface area contributed by atoms with Gasteiger partial charge in [-0.1, -0.05) is 12.1 Å². The molecule has 0 aliphatic heterocycles. The second-order valence-corrected chi connectivity index (χ2v) is 6.65. The maximum atomic E-state index is 5.91. The van der Waals surface area contributed by atoms with Crippen molar-refractivity contribution in [2.24, 2.45) is 10.9 Å². The molecule has 0 spiro atoms. The number of nitrogens with one attached hydrogen (secondary N) is 2. The van der Waals surface area contributed by atoms with E-state index in [4.69, 9.17) is 9.47 Å². The van der Waals surface area contributed by atoms with Crippen molar-refractivity contribution in [1.29, 1.82) is 0 Å². The van der Waals surface area contributed by atoms with Crippen LogP contribution in [0.5, 0.6) is 5.75 Å². The number of benzene rings is 1. The molecule has 0 aromatic heterocycles. The Balaban J connectivity index is 1.77. The number of aryl methyl sites for hydroxylation is 1. The van der Waals surface area contributed by atoms with Crippen LogP contribution in [0.25, 0.3) is 0 Å². The van der Waals surface area contributed by atoms with Crippen LogP contribution >= 0.6 is 0 Å². The summed E-state index contributed by atoms with van der Waals surface area (Å²) in [7, 11) is 1.78. The van der Waals surface area contributed by atoms with E-state index < -0.39 is 0 Å². The topological polar surface area (TPSA) is 54.9 Å². The summed E-state index contributed by atoms with van der Waals surface area (Å²) in [6.45, 7) is 9.20. The van der Waals surface area contributed by atoms with Crippen LogP contribution in [0.4, 0.5) is 0 Å². The molecule has 1 fully saturated rings. The Kier molecular flexibility index (Phi) is 7.37. The fourth-order valence-corrected chi connectivity index (χ4v) is 2.35. The normalized spacial score (nSPS) is 14.8. The maximum Gasteiger partial charge on any atom is 0.191 e. The molecule has 1 aliphatic rings. The van der Waals surface area contributed by atoms with Crippen LogP contribution in [0.2, 0.25) is 0 Å². The minimum Gasteiger partial charge on any atom is -0.491 e. The third-order valence-electron chi connectivity index (χ3n) is 3.84. The number of hydrogen-bond donors (Lipinski definition) is 2. The van der Waals surface area contributed by atoms with Crippen molar-refractivity contribution in [3.8, 4) is 5.75 Å². The number of aliphatic imine (C=N–C) groups is 1. The van der Waals surface area contributed by atoms with Crippen LogP contribution in [-0.4, -0.2) is 38.9 Å². The molecule has 0 bridgehead atoms. The zero-order valence-electron chi connectivity index (χ0n) is 15.4. The average molecular weight is 333 g/mol. The van der Waals surface area contributed by atoms with Gasteiger partial charge < -0.3 is 20.1 Å². The Morgan fingerprint density at radius 3 is 2.75 bits per heavy atom. The van der Waals surface area contributed by atoms with Gasteiger partial charge in [-0.15, -0.1) is 0 Å². The number of nitrogens with zero attached hydrogens (tertiary/aromatic N) is 1. The number of rotatable bonds is 9. The van der Waals surface area contributed by atoms with Gasteiger partial charge in [-0.3, -0.25) is 4.99 Å². The summed E-state index contributed by atoms with van der Waals surface area (Å²) in [6.07, 6.45) is 2.81. The zero-order valence-corrected chi connectivity index (χ0v) is 15.4. The van der Waals surface area contributed by atoms with Gasteiger partial charge in [0.2, 0.25) is 0 Å². The SMILES string of the molecule is CN=C(NCCOCC1CC1)NCc1ccc(C)cc1OC(C)C. The molecule has 134 valence electrons. The number of hydrogen-bond acceptors (Lipinski definition) is 3. The van der Waals surface area contributed by atoms with Gasteiger partial charge in [0.15, 0.2) is 5.96 Å². The monoisotopic (exact) mass is 333 g/mol. The first-order chi connectivity index (χ1) is 11.6. The van der Waals surface area contributed by atoms with Crippen LogP contribution < -0.4 is 15.4 Å². The lowest BCUT2D eigenvalue weighted by molar-refractivity contribution is 0.129. The Morgan fingerprint density at radius 2 is 2.08 bits per heavy atom. The molecule has 0 unspecified atom stereocenters.